The van der Waals surface area contributed by atoms with Gasteiger partial charge in [0.15, 0.2) is 0 Å². The second-order valence-corrected chi connectivity index (χ2v) is 6.77. The van der Waals surface area contributed by atoms with Crippen LogP contribution in [0.25, 0.3) is 0 Å². The molecular formula is C17H24N2OS. The SMILES string of the molecule is CCC(C#N)(CCCSc1cccc(OC)c1)NC1CC1. The minimum absolute atomic E-state index is 0.323. The molecule has 1 unspecified atom stereocenters. The van der Waals surface area contributed by atoms with Crippen LogP contribution in [0.2, 0.25) is 0 Å². The first-order valence-electron chi connectivity index (χ1n) is 7.67. The van der Waals surface area contributed by atoms with Gasteiger partial charge in [-0.2, -0.15) is 5.26 Å². The maximum Gasteiger partial charge on any atom is 0.119 e. The van der Waals surface area contributed by atoms with Crippen molar-refractivity contribution in [1.29, 1.82) is 5.26 Å². The van der Waals surface area contributed by atoms with Gasteiger partial charge in [0.2, 0.25) is 0 Å². The number of nitrogens with zero attached hydrogens (tertiary/aromatic N) is 1. The molecule has 1 saturated carbocycles. The van der Waals surface area contributed by atoms with Crippen LogP contribution in [0.5, 0.6) is 5.75 Å². The van der Waals surface area contributed by atoms with E-state index >= 15 is 0 Å². The molecule has 0 amide bonds. The summed E-state index contributed by atoms with van der Waals surface area (Å²) in [5.74, 6) is 1.93. The van der Waals surface area contributed by atoms with E-state index in [0.717, 1.165) is 30.8 Å². The van der Waals surface area contributed by atoms with E-state index in [-0.39, 0.29) is 5.54 Å². The molecule has 0 saturated heterocycles. The molecule has 3 nitrogen and oxygen atoms in total. The van der Waals surface area contributed by atoms with E-state index in [0.29, 0.717) is 6.04 Å². The molecular weight excluding hydrogens is 280 g/mol. The van der Waals surface area contributed by atoms with E-state index in [9.17, 15) is 5.26 Å². The largest absolute Gasteiger partial charge is 0.497 e. The van der Waals surface area contributed by atoms with Crippen LogP contribution in [-0.4, -0.2) is 24.4 Å². The molecule has 1 fully saturated rings. The van der Waals surface area contributed by atoms with Gasteiger partial charge in [-0.25, -0.2) is 0 Å². The summed E-state index contributed by atoms with van der Waals surface area (Å²) in [5.41, 5.74) is -0.323. The molecule has 0 aromatic heterocycles. The fourth-order valence-electron chi connectivity index (χ4n) is 2.39. The van der Waals surface area contributed by atoms with Crippen molar-refractivity contribution in [2.45, 2.75) is 55.5 Å². The number of thioether (sulfide) groups is 1. The van der Waals surface area contributed by atoms with Crippen molar-refractivity contribution in [2.75, 3.05) is 12.9 Å². The van der Waals surface area contributed by atoms with Gasteiger partial charge < -0.3 is 4.74 Å². The summed E-state index contributed by atoms with van der Waals surface area (Å²) < 4.78 is 5.23. The van der Waals surface area contributed by atoms with Gasteiger partial charge in [0.1, 0.15) is 11.3 Å². The van der Waals surface area contributed by atoms with Crippen LogP contribution in [0, 0.1) is 11.3 Å². The van der Waals surface area contributed by atoms with Crippen molar-refractivity contribution < 1.29 is 4.74 Å². The highest BCUT2D eigenvalue weighted by Crippen LogP contribution is 2.28. The summed E-state index contributed by atoms with van der Waals surface area (Å²) in [7, 11) is 1.69. The van der Waals surface area contributed by atoms with Gasteiger partial charge >= 0.3 is 0 Å². The molecule has 1 aliphatic rings. The van der Waals surface area contributed by atoms with Crippen molar-refractivity contribution in [3.05, 3.63) is 24.3 Å². The Morgan fingerprint density at radius 3 is 2.90 bits per heavy atom. The molecule has 114 valence electrons. The fourth-order valence-corrected chi connectivity index (χ4v) is 3.29. The zero-order chi connectivity index (χ0) is 15.1. The summed E-state index contributed by atoms with van der Waals surface area (Å²) >= 11 is 1.83. The van der Waals surface area contributed by atoms with Crippen LogP contribution in [0.15, 0.2) is 29.2 Å². The molecule has 1 atom stereocenters. The number of rotatable bonds is 9. The van der Waals surface area contributed by atoms with Crippen molar-refractivity contribution in [3.63, 3.8) is 0 Å². The quantitative estimate of drug-likeness (QED) is 0.553. The Morgan fingerprint density at radius 2 is 2.29 bits per heavy atom. The zero-order valence-corrected chi connectivity index (χ0v) is 13.7. The third-order valence-electron chi connectivity index (χ3n) is 3.93. The molecule has 1 aliphatic carbocycles. The first-order valence-corrected chi connectivity index (χ1v) is 8.66. The van der Waals surface area contributed by atoms with Gasteiger partial charge in [-0.05, 0) is 56.1 Å². The van der Waals surface area contributed by atoms with Crippen molar-refractivity contribution in [1.82, 2.24) is 5.32 Å². The second-order valence-electron chi connectivity index (χ2n) is 5.60. The molecule has 0 bridgehead atoms. The van der Waals surface area contributed by atoms with Crippen LogP contribution in [0.3, 0.4) is 0 Å². The van der Waals surface area contributed by atoms with Crippen LogP contribution in [0.1, 0.15) is 39.0 Å². The Kier molecular flexibility index (Phi) is 5.96. The van der Waals surface area contributed by atoms with Gasteiger partial charge in [-0.1, -0.05) is 13.0 Å². The number of nitriles is 1. The minimum Gasteiger partial charge on any atom is -0.497 e. The van der Waals surface area contributed by atoms with Gasteiger partial charge in [-0.15, -0.1) is 11.8 Å². The topological polar surface area (TPSA) is 45.0 Å². The summed E-state index contributed by atoms with van der Waals surface area (Å²) in [6.45, 7) is 2.10. The molecule has 21 heavy (non-hydrogen) atoms. The predicted octanol–water partition coefficient (Wildman–Crippen LogP) is 3.99. The second kappa shape index (κ2) is 7.72. The summed E-state index contributed by atoms with van der Waals surface area (Å²) in [5, 5.41) is 13.0. The van der Waals surface area contributed by atoms with E-state index in [2.05, 4.69) is 30.4 Å². The zero-order valence-electron chi connectivity index (χ0n) is 12.9. The molecule has 0 spiro atoms. The number of benzene rings is 1. The van der Waals surface area contributed by atoms with E-state index in [1.165, 1.54) is 17.7 Å². The van der Waals surface area contributed by atoms with Crippen LogP contribution in [-0.2, 0) is 0 Å². The number of ether oxygens (including phenoxy) is 1. The fraction of sp³-hybridized carbons (Fsp3) is 0.588. The lowest BCUT2D eigenvalue weighted by atomic mass is 9.92. The first kappa shape index (κ1) is 16.2. The lowest BCUT2D eigenvalue weighted by molar-refractivity contribution is 0.367. The Bertz CT molecular complexity index is 496. The predicted molar refractivity (Wildman–Crippen MR) is 87.7 cm³/mol. The molecule has 1 N–H and O–H groups in total. The number of hydrogen-bond acceptors (Lipinski definition) is 4. The summed E-state index contributed by atoms with van der Waals surface area (Å²) in [6, 6.07) is 11.2. The highest BCUT2D eigenvalue weighted by atomic mass is 32.2. The minimum atomic E-state index is -0.323. The van der Waals surface area contributed by atoms with E-state index in [4.69, 9.17) is 4.74 Å². The average Bonchev–Trinajstić information content (AvgIpc) is 3.34. The van der Waals surface area contributed by atoms with Gasteiger partial charge in [0.25, 0.3) is 0 Å². The van der Waals surface area contributed by atoms with Crippen LogP contribution in [0.4, 0.5) is 0 Å². The average molecular weight is 304 g/mol. The van der Waals surface area contributed by atoms with Crippen LogP contribution >= 0.6 is 11.8 Å². The highest BCUT2D eigenvalue weighted by molar-refractivity contribution is 7.99. The monoisotopic (exact) mass is 304 g/mol. The molecule has 0 radical (unpaired) electrons. The van der Waals surface area contributed by atoms with E-state index in [1.807, 2.05) is 23.9 Å². The summed E-state index contributed by atoms with van der Waals surface area (Å²) in [6.07, 6.45) is 5.30. The standard InChI is InChI=1S/C17H24N2OS/c1-3-17(13-18,19-14-8-9-14)10-5-11-21-16-7-4-6-15(12-16)20-2/h4,6-7,12,14,19H,3,5,8-11H2,1-2H3. The number of methoxy groups -OCH3 is 1. The van der Waals surface area contributed by atoms with Crippen molar-refractivity contribution >= 4 is 11.8 Å². The maximum absolute atomic E-state index is 9.50. The lowest BCUT2D eigenvalue weighted by Crippen LogP contribution is -2.44. The summed E-state index contributed by atoms with van der Waals surface area (Å²) in [4.78, 5) is 1.23. The Hall–Kier alpha value is -1.18. The third kappa shape index (κ3) is 4.94. The molecule has 1 aromatic rings. The van der Waals surface area contributed by atoms with Gasteiger partial charge in [-0.3, -0.25) is 5.32 Å². The highest BCUT2D eigenvalue weighted by Gasteiger charge is 2.34. The first-order chi connectivity index (χ1) is 10.2. The van der Waals surface area contributed by atoms with Crippen molar-refractivity contribution in [3.8, 4) is 11.8 Å². The molecule has 1 aromatic carbocycles. The third-order valence-corrected chi connectivity index (χ3v) is 5.01. The molecule has 0 aliphatic heterocycles. The van der Waals surface area contributed by atoms with Gasteiger partial charge in [0, 0.05) is 10.9 Å². The maximum atomic E-state index is 9.50. The van der Waals surface area contributed by atoms with Crippen LogP contribution < -0.4 is 10.1 Å². The Labute approximate surface area is 132 Å². The van der Waals surface area contributed by atoms with Gasteiger partial charge in [0.05, 0.1) is 13.2 Å². The molecule has 2 rings (SSSR count). The molecule has 0 heterocycles. The van der Waals surface area contributed by atoms with E-state index in [1.54, 1.807) is 7.11 Å². The number of hydrogen-bond donors (Lipinski definition) is 1. The van der Waals surface area contributed by atoms with E-state index < -0.39 is 0 Å². The number of nitrogens with one attached hydrogen (secondary N) is 1. The lowest BCUT2D eigenvalue weighted by Gasteiger charge is -2.26. The Balaban J connectivity index is 1.78. The smallest absolute Gasteiger partial charge is 0.119 e. The molecule has 4 heteroatoms. The Morgan fingerprint density at radius 1 is 1.48 bits per heavy atom. The van der Waals surface area contributed by atoms with Crippen molar-refractivity contribution in [2.24, 2.45) is 0 Å². The normalized spacial score (nSPS) is 17.0.